The van der Waals surface area contributed by atoms with Gasteiger partial charge in [-0.25, -0.2) is 12.8 Å². The van der Waals surface area contributed by atoms with E-state index >= 15 is 0 Å². The molecule has 0 aliphatic rings. The van der Waals surface area contributed by atoms with Gasteiger partial charge in [0.15, 0.2) is 0 Å². The summed E-state index contributed by atoms with van der Waals surface area (Å²) in [4.78, 5) is 0.214. The van der Waals surface area contributed by atoms with Gasteiger partial charge in [0.2, 0.25) is 0 Å². The summed E-state index contributed by atoms with van der Waals surface area (Å²) < 4.78 is 42.0. The van der Waals surface area contributed by atoms with Crippen LogP contribution < -0.4 is 4.72 Å². The van der Waals surface area contributed by atoms with Crippen LogP contribution in [0.15, 0.2) is 71.6 Å². The van der Waals surface area contributed by atoms with Crippen molar-refractivity contribution in [2.45, 2.75) is 31.6 Å². The summed E-state index contributed by atoms with van der Waals surface area (Å²) >= 11 is 0. The third-order valence-corrected chi connectivity index (χ3v) is 6.35. The van der Waals surface area contributed by atoms with Crippen molar-refractivity contribution in [2.24, 2.45) is 0 Å². The van der Waals surface area contributed by atoms with Crippen molar-refractivity contribution in [3.05, 3.63) is 94.8 Å². The molecule has 0 fully saturated rings. The highest BCUT2D eigenvalue weighted by atomic mass is 32.2. The lowest BCUT2D eigenvalue weighted by atomic mass is 9.87. The van der Waals surface area contributed by atoms with Crippen LogP contribution in [0.2, 0.25) is 0 Å². The highest BCUT2D eigenvalue weighted by Crippen LogP contribution is 2.33. The average Bonchev–Trinajstić information content (AvgIpc) is 2.66. The van der Waals surface area contributed by atoms with Gasteiger partial charge in [-0.2, -0.15) is 0 Å². The van der Waals surface area contributed by atoms with Crippen molar-refractivity contribution in [1.82, 2.24) is 0 Å². The van der Waals surface area contributed by atoms with Crippen LogP contribution in [-0.2, 0) is 10.0 Å². The Kier molecular flexibility index (Phi) is 5.33. The van der Waals surface area contributed by atoms with Gasteiger partial charge in [0.1, 0.15) is 5.82 Å². The fourth-order valence-electron chi connectivity index (χ4n) is 3.22. The van der Waals surface area contributed by atoms with Crippen LogP contribution in [-0.4, -0.2) is 8.42 Å². The first-order valence-electron chi connectivity index (χ1n) is 8.73. The van der Waals surface area contributed by atoms with Gasteiger partial charge in [0.25, 0.3) is 10.0 Å². The molecular weight excluding hydrogens is 361 g/mol. The van der Waals surface area contributed by atoms with E-state index in [1.807, 2.05) is 32.9 Å². The lowest BCUT2D eigenvalue weighted by Gasteiger charge is -2.20. The molecule has 0 aromatic heterocycles. The molecule has 1 unspecified atom stereocenters. The topological polar surface area (TPSA) is 46.2 Å². The molecule has 0 spiro atoms. The second-order valence-corrected chi connectivity index (χ2v) is 8.30. The van der Waals surface area contributed by atoms with E-state index in [0.29, 0.717) is 11.3 Å². The Hall–Kier alpha value is -2.66. The van der Waals surface area contributed by atoms with Crippen molar-refractivity contribution < 1.29 is 12.8 Å². The van der Waals surface area contributed by atoms with Gasteiger partial charge < -0.3 is 0 Å². The van der Waals surface area contributed by atoms with Crippen LogP contribution in [0.4, 0.5) is 10.1 Å². The summed E-state index contributed by atoms with van der Waals surface area (Å²) in [6.07, 6.45) is 0. The van der Waals surface area contributed by atoms with Gasteiger partial charge in [0.05, 0.1) is 10.6 Å². The second-order valence-electron chi connectivity index (χ2n) is 6.61. The summed E-state index contributed by atoms with van der Waals surface area (Å²) in [5, 5.41) is 0. The molecule has 0 aliphatic carbocycles. The number of rotatable bonds is 5. The molecule has 0 bridgehead atoms. The molecule has 0 aliphatic heterocycles. The first-order valence-corrected chi connectivity index (χ1v) is 10.2. The predicted octanol–water partition coefficient (Wildman–Crippen LogP) is 5.40. The summed E-state index contributed by atoms with van der Waals surface area (Å²) in [6, 6.07) is 18.6. The molecular formula is C22H22FNO2S. The normalized spacial score (nSPS) is 12.6. The van der Waals surface area contributed by atoms with Gasteiger partial charge in [-0.3, -0.25) is 4.72 Å². The Morgan fingerprint density at radius 2 is 1.44 bits per heavy atom. The van der Waals surface area contributed by atoms with Crippen LogP contribution in [0.1, 0.15) is 35.1 Å². The predicted molar refractivity (Wildman–Crippen MR) is 107 cm³/mol. The van der Waals surface area contributed by atoms with Gasteiger partial charge in [-0.15, -0.1) is 0 Å². The van der Waals surface area contributed by atoms with Crippen LogP contribution in [0.3, 0.4) is 0 Å². The highest BCUT2D eigenvalue weighted by molar-refractivity contribution is 7.92. The van der Waals surface area contributed by atoms with Crippen LogP contribution in [0.25, 0.3) is 0 Å². The fraction of sp³-hybridized carbons (Fsp3) is 0.182. The van der Waals surface area contributed by atoms with E-state index in [1.165, 1.54) is 6.07 Å². The van der Waals surface area contributed by atoms with Gasteiger partial charge in [-0.1, -0.05) is 49.4 Å². The molecule has 5 heteroatoms. The van der Waals surface area contributed by atoms with E-state index in [4.69, 9.17) is 0 Å². The standard InChI is InChI=1S/C22H22FNO2S/c1-15-16(2)22(24-27(25,26)18-9-5-4-6-10-18)14-13-19(15)17(3)20-11-7-8-12-21(20)23/h4-14,17,24H,1-3H3. The number of sulfonamides is 1. The molecule has 0 heterocycles. The third kappa shape index (κ3) is 3.88. The Morgan fingerprint density at radius 1 is 0.815 bits per heavy atom. The summed E-state index contributed by atoms with van der Waals surface area (Å²) in [7, 11) is -3.65. The van der Waals surface area contributed by atoms with Gasteiger partial charge in [-0.05, 0) is 60.4 Å². The molecule has 3 aromatic carbocycles. The summed E-state index contributed by atoms with van der Waals surface area (Å²) in [6.45, 7) is 5.76. The zero-order chi connectivity index (χ0) is 19.6. The first-order chi connectivity index (χ1) is 12.8. The molecule has 0 amide bonds. The van der Waals surface area contributed by atoms with E-state index in [1.54, 1.807) is 48.5 Å². The minimum absolute atomic E-state index is 0.135. The molecule has 3 rings (SSSR count). The number of hydrogen-bond acceptors (Lipinski definition) is 2. The number of nitrogens with one attached hydrogen (secondary N) is 1. The number of halogens is 1. The van der Waals surface area contributed by atoms with Crippen molar-refractivity contribution in [1.29, 1.82) is 0 Å². The van der Waals surface area contributed by atoms with Crippen LogP contribution in [0, 0.1) is 19.7 Å². The van der Waals surface area contributed by atoms with Crippen LogP contribution >= 0.6 is 0 Å². The maximum atomic E-state index is 14.2. The minimum atomic E-state index is -3.65. The molecule has 3 aromatic rings. The zero-order valence-corrected chi connectivity index (χ0v) is 16.3. The number of anilines is 1. The largest absolute Gasteiger partial charge is 0.279 e. The summed E-state index contributed by atoms with van der Waals surface area (Å²) in [5.74, 6) is -0.374. The Bertz CT molecular complexity index is 1060. The number of benzene rings is 3. The fourth-order valence-corrected chi connectivity index (χ4v) is 4.36. The summed E-state index contributed by atoms with van der Waals surface area (Å²) in [5.41, 5.74) is 3.90. The smallest absolute Gasteiger partial charge is 0.261 e. The monoisotopic (exact) mass is 383 g/mol. The van der Waals surface area contributed by atoms with Crippen molar-refractivity contribution in [3.63, 3.8) is 0 Å². The maximum absolute atomic E-state index is 14.2. The van der Waals surface area contributed by atoms with Gasteiger partial charge in [0, 0.05) is 5.92 Å². The Labute approximate surface area is 159 Å². The molecule has 0 radical (unpaired) electrons. The second kappa shape index (κ2) is 7.53. The number of hydrogen-bond donors (Lipinski definition) is 1. The van der Waals surface area contributed by atoms with E-state index in [0.717, 1.165) is 16.7 Å². The van der Waals surface area contributed by atoms with E-state index < -0.39 is 10.0 Å². The third-order valence-electron chi connectivity index (χ3n) is 4.97. The van der Waals surface area contributed by atoms with Crippen LogP contribution in [0.5, 0.6) is 0 Å². The van der Waals surface area contributed by atoms with E-state index in [2.05, 4.69) is 4.72 Å². The lowest BCUT2D eigenvalue weighted by molar-refractivity contribution is 0.601. The lowest BCUT2D eigenvalue weighted by Crippen LogP contribution is -2.14. The first kappa shape index (κ1) is 19.1. The SMILES string of the molecule is Cc1c(NS(=O)(=O)c2ccccc2)ccc(C(C)c2ccccc2F)c1C. The molecule has 0 saturated carbocycles. The average molecular weight is 383 g/mol. The Balaban J connectivity index is 1.95. The molecule has 27 heavy (non-hydrogen) atoms. The van der Waals surface area contributed by atoms with Gasteiger partial charge >= 0.3 is 0 Å². The quantitative estimate of drug-likeness (QED) is 0.642. The van der Waals surface area contributed by atoms with E-state index in [9.17, 15) is 12.8 Å². The van der Waals surface area contributed by atoms with E-state index in [-0.39, 0.29) is 16.6 Å². The maximum Gasteiger partial charge on any atom is 0.261 e. The Morgan fingerprint density at radius 3 is 2.11 bits per heavy atom. The minimum Gasteiger partial charge on any atom is -0.279 e. The zero-order valence-electron chi connectivity index (χ0n) is 15.5. The molecule has 0 saturated heterocycles. The molecule has 3 nitrogen and oxygen atoms in total. The molecule has 140 valence electrons. The van der Waals surface area contributed by atoms with Crippen molar-refractivity contribution >= 4 is 15.7 Å². The molecule has 1 N–H and O–H groups in total. The van der Waals surface area contributed by atoms with Crippen molar-refractivity contribution in [2.75, 3.05) is 4.72 Å². The highest BCUT2D eigenvalue weighted by Gasteiger charge is 2.19. The molecule has 1 atom stereocenters. The van der Waals surface area contributed by atoms with Crippen molar-refractivity contribution in [3.8, 4) is 0 Å².